The van der Waals surface area contributed by atoms with Crippen molar-refractivity contribution >= 4 is 11.9 Å². The number of amides is 3. The van der Waals surface area contributed by atoms with Crippen LogP contribution in [-0.4, -0.2) is 82.4 Å². The molecule has 0 atom stereocenters. The number of ether oxygens (including phenoxy) is 1. The number of likely N-dealkylation sites (N-methyl/N-ethyl adjacent to an activating group) is 1. The molecule has 2 aliphatic rings. The third kappa shape index (κ3) is 4.24. The van der Waals surface area contributed by atoms with Gasteiger partial charge in [0.25, 0.3) is 5.91 Å². The lowest BCUT2D eigenvalue weighted by Gasteiger charge is -2.42. The molecule has 0 unspecified atom stereocenters. The summed E-state index contributed by atoms with van der Waals surface area (Å²) in [5, 5.41) is 4.93. The Hall–Kier alpha value is -3.49. The molecule has 2 fully saturated rings. The molecule has 0 bridgehead atoms. The number of nitrogens with zero attached hydrogens (tertiary/aromatic N) is 5. The quantitative estimate of drug-likeness (QED) is 0.492. The Labute approximate surface area is 205 Å². The molecule has 3 aromatic rings. The van der Waals surface area contributed by atoms with Gasteiger partial charge >= 0.3 is 6.03 Å². The van der Waals surface area contributed by atoms with Crippen LogP contribution >= 0.6 is 0 Å². The van der Waals surface area contributed by atoms with Gasteiger partial charge in [0.05, 0.1) is 18.0 Å². The third-order valence-corrected chi connectivity index (χ3v) is 7.19. The second-order valence-electron chi connectivity index (χ2n) is 9.25. The van der Waals surface area contributed by atoms with Crippen molar-refractivity contribution in [2.45, 2.75) is 24.9 Å². The number of para-hydroxylation sites is 1. The Morgan fingerprint density at radius 3 is 2.29 bits per heavy atom. The third-order valence-electron chi connectivity index (χ3n) is 7.19. The summed E-state index contributed by atoms with van der Waals surface area (Å²) in [6.45, 7) is 3.01. The number of methoxy groups -OCH3 is 1. The number of imide groups is 1. The van der Waals surface area contributed by atoms with E-state index in [4.69, 9.17) is 9.84 Å². The highest BCUT2D eigenvalue weighted by molar-refractivity contribution is 6.06. The summed E-state index contributed by atoms with van der Waals surface area (Å²) in [5.74, 6) is -0.0971. The predicted octanol–water partition coefficient (Wildman–Crippen LogP) is 3.41. The summed E-state index contributed by atoms with van der Waals surface area (Å²) in [6.07, 6.45) is 3.32. The number of hydrogen-bond donors (Lipinski definition) is 0. The van der Waals surface area contributed by atoms with E-state index in [0.717, 1.165) is 42.1 Å². The first-order valence-electron chi connectivity index (χ1n) is 12.0. The van der Waals surface area contributed by atoms with Gasteiger partial charge in [0, 0.05) is 57.7 Å². The lowest BCUT2D eigenvalue weighted by Crippen LogP contribution is -2.57. The van der Waals surface area contributed by atoms with Crippen molar-refractivity contribution in [1.82, 2.24) is 24.5 Å². The Bertz CT molecular complexity index is 1190. The van der Waals surface area contributed by atoms with Crippen LogP contribution in [-0.2, 0) is 16.1 Å². The molecule has 2 aromatic carbocycles. The minimum absolute atomic E-state index is 0.0971. The second kappa shape index (κ2) is 9.64. The SMILES string of the molecule is COCCN1C(=O)N(C)C(=O)C12CCN(Cc1cn(-c3ccccc3)nc1-c1ccccc1)CC2. The lowest BCUT2D eigenvalue weighted by atomic mass is 9.85. The minimum Gasteiger partial charge on any atom is -0.383 e. The highest BCUT2D eigenvalue weighted by Gasteiger charge is 2.56. The first-order chi connectivity index (χ1) is 17.0. The first-order valence-corrected chi connectivity index (χ1v) is 12.0. The molecule has 0 radical (unpaired) electrons. The zero-order chi connectivity index (χ0) is 24.4. The fourth-order valence-corrected chi connectivity index (χ4v) is 5.25. The van der Waals surface area contributed by atoms with E-state index >= 15 is 0 Å². The fraction of sp³-hybridized carbons (Fsp3) is 0.370. The predicted molar refractivity (Wildman–Crippen MR) is 133 cm³/mol. The smallest absolute Gasteiger partial charge is 0.327 e. The lowest BCUT2D eigenvalue weighted by molar-refractivity contribution is -0.135. The van der Waals surface area contributed by atoms with E-state index < -0.39 is 5.54 Å². The summed E-state index contributed by atoms with van der Waals surface area (Å²) >= 11 is 0. The molecule has 8 nitrogen and oxygen atoms in total. The van der Waals surface area contributed by atoms with Gasteiger partial charge in [-0.2, -0.15) is 5.10 Å². The first kappa shape index (κ1) is 23.3. The van der Waals surface area contributed by atoms with Crippen molar-refractivity contribution in [3.8, 4) is 16.9 Å². The molecule has 182 valence electrons. The van der Waals surface area contributed by atoms with Crippen molar-refractivity contribution in [3.05, 3.63) is 72.4 Å². The topological polar surface area (TPSA) is 70.9 Å². The van der Waals surface area contributed by atoms with E-state index in [2.05, 4.69) is 23.2 Å². The van der Waals surface area contributed by atoms with Crippen LogP contribution in [0.2, 0.25) is 0 Å². The van der Waals surface area contributed by atoms with Crippen LogP contribution in [0.4, 0.5) is 4.79 Å². The molecule has 0 N–H and O–H groups in total. The summed E-state index contributed by atoms with van der Waals surface area (Å²) in [6, 6.07) is 20.1. The van der Waals surface area contributed by atoms with Crippen LogP contribution < -0.4 is 0 Å². The molecule has 3 heterocycles. The highest BCUT2D eigenvalue weighted by Crippen LogP contribution is 2.37. The standard InChI is InChI=1S/C27H31N5O3/c1-29-25(33)27(31(26(29)34)17-18-35-2)13-15-30(16-14-27)19-22-20-32(23-11-7-4-8-12-23)28-24(22)21-9-5-3-6-10-21/h3-12,20H,13-19H2,1-2H3. The van der Waals surface area contributed by atoms with E-state index in [1.807, 2.05) is 53.2 Å². The van der Waals surface area contributed by atoms with Crippen molar-refractivity contribution in [2.24, 2.45) is 0 Å². The molecule has 2 aliphatic heterocycles. The maximum Gasteiger partial charge on any atom is 0.327 e. The molecule has 2 saturated heterocycles. The molecule has 0 aliphatic carbocycles. The van der Waals surface area contributed by atoms with E-state index in [9.17, 15) is 9.59 Å². The highest BCUT2D eigenvalue weighted by atomic mass is 16.5. The molecule has 1 aromatic heterocycles. The van der Waals surface area contributed by atoms with Crippen LogP contribution in [0.3, 0.4) is 0 Å². The van der Waals surface area contributed by atoms with Crippen molar-refractivity contribution in [2.75, 3.05) is 40.4 Å². The Kier molecular flexibility index (Phi) is 6.40. The van der Waals surface area contributed by atoms with Gasteiger partial charge in [-0.05, 0) is 25.0 Å². The van der Waals surface area contributed by atoms with Gasteiger partial charge in [-0.25, -0.2) is 9.48 Å². The Morgan fingerprint density at radius 2 is 1.63 bits per heavy atom. The van der Waals surface area contributed by atoms with Gasteiger partial charge < -0.3 is 9.64 Å². The largest absolute Gasteiger partial charge is 0.383 e. The number of hydrogen-bond acceptors (Lipinski definition) is 5. The van der Waals surface area contributed by atoms with Gasteiger partial charge in [0.1, 0.15) is 5.54 Å². The monoisotopic (exact) mass is 473 g/mol. The molecule has 8 heteroatoms. The van der Waals surface area contributed by atoms with Crippen molar-refractivity contribution < 1.29 is 14.3 Å². The number of benzene rings is 2. The molecule has 0 saturated carbocycles. The van der Waals surface area contributed by atoms with E-state index in [-0.39, 0.29) is 11.9 Å². The number of carbonyl (C=O) groups is 2. The fourth-order valence-electron chi connectivity index (χ4n) is 5.25. The number of likely N-dealkylation sites (tertiary alicyclic amines) is 1. The van der Waals surface area contributed by atoms with Crippen molar-refractivity contribution in [1.29, 1.82) is 0 Å². The average Bonchev–Trinajstić information content (AvgIpc) is 3.39. The second-order valence-corrected chi connectivity index (χ2v) is 9.25. The summed E-state index contributed by atoms with van der Waals surface area (Å²) in [4.78, 5) is 31.2. The van der Waals surface area contributed by atoms with Crippen LogP contribution in [0.1, 0.15) is 18.4 Å². The zero-order valence-corrected chi connectivity index (χ0v) is 20.3. The van der Waals surface area contributed by atoms with Crippen LogP contribution in [0.5, 0.6) is 0 Å². The Morgan fingerprint density at radius 1 is 0.971 bits per heavy atom. The molecule has 5 rings (SSSR count). The van der Waals surface area contributed by atoms with Gasteiger partial charge in [0.2, 0.25) is 0 Å². The van der Waals surface area contributed by atoms with E-state index in [1.54, 1.807) is 19.1 Å². The number of urea groups is 1. The molecular formula is C27H31N5O3. The number of piperidine rings is 1. The van der Waals surface area contributed by atoms with E-state index in [1.165, 1.54) is 4.90 Å². The van der Waals surface area contributed by atoms with Crippen LogP contribution in [0, 0.1) is 0 Å². The van der Waals surface area contributed by atoms with Crippen molar-refractivity contribution in [3.63, 3.8) is 0 Å². The molecule has 3 amide bonds. The van der Waals surface area contributed by atoms with Gasteiger partial charge in [-0.3, -0.25) is 14.6 Å². The zero-order valence-electron chi connectivity index (χ0n) is 20.3. The van der Waals surface area contributed by atoms with E-state index in [0.29, 0.717) is 26.0 Å². The molecule has 35 heavy (non-hydrogen) atoms. The summed E-state index contributed by atoms with van der Waals surface area (Å²) in [7, 11) is 3.19. The average molecular weight is 474 g/mol. The maximum absolute atomic E-state index is 13.1. The van der Waals surface area contributed by atoms with Gasteiger partial charge in [-0.1, -0.05) is 48.5 Å². The van der Waals surface area contributed by atoms with Crippen LogP contribution in [0.25, 0.3) is 16.9 Å². The Balaban J connectivity index is 1.38. The molecular weight excluding hydrogens is 442 g/mol. The number of aromatic nitrogens is 2. The van der Waals surface area contributed by atoms with Gasteiger partial charge in [-0.15, -0.1) is 0 Å². The maximum atomic E-state index is 13.1. The number of rotatable bonds is 7. The summed E-state index contributed by atoms with van der Waals surface area (Å²) < 4.78 is 7.14. The molecule has 1 spiro atoms. The normalized spacial score (nSPS) is 18.1. The minimum atomic E-state index is -0.767. The van der Waals surface area contributed by atoms with Crippen LogP contribution in [0.15, 0.2) is 66.9 Å². The summed E-state index contributed by atoms with van der Waals surface area (Å²) in [5.41, 5.74) is 3.42. The van der Waals surface area contributed by atoms with Gasteiger partial charge in [0.15, 0.2) is 0 Å². The number of carbonyl (C=O) groups excluding carboxylic acids is 2.